The van der Waals surface area contributed by atoms with Gasteiger partial charge in [0.15, 0.2) is 4.83 Å². The largest absolute Gasteiger partial charge is 0.417 e. The number of fused-ring (bicyclic) bond motifs is 3. The van der Waals surface area contributed by atoms with Gasteiger partial charge in [-0.2, -0.15) is 9.97 Å². The Morgan fingerprint density at radius 3 is 2.07 bits per heavy atom. The molecular formula is C24H12N2OS3. The fourth-order valence-corrected chi connectivity index (χ4v) is 5.29. The summed E-state index contributed by atoms with van der Waals surface area (Å²) in [5, 5.41) is 3.19. The average Bonchev–Trinajstić information content (AvgIpc) is 3.41. The van der Waals surface area contributed by atoms with E-state index >= 15 is 0 Å². The smallest absolute Gasteiger partial charge is 0.259 e. The number of hydrogen-bond donors (Lipinski definition) is 0. The van der Waals surface area contributed by atoms with Crippen LogP contribution in [0.15, 0.2) is 76.7 Å². The highest BCUT2D eigenvalue weighted by Crippen LogP contribution is 2.34. The number of allylic oxidation sites excluding steroid dienone is 1. The van der Waals surface area contributed by atoms with Crippen LogP contribution in [0.1, 0.15) is 17.0 Å². The molecule has 0 saturated carbocycles. The van der Waals surface area contributed by atoms with E-state index in [4.69, 9.17) is 28.9 Å². The van der Waals surface area contributed by atoms with Crippen LogP contribution in [0.25, 0.3) is 38.0 Å². The van der Waals surface area contributed by atoms with E-state index in [1.807, 2.05) is 48.5 Å². The lowest BCUT2D eigenvalue weighted by Gasteiger charge is -2.02. The molecule has 3 nitrogen and oxygen atoms in total. The van der Waals surface area contributed by atoms with Gasteiger partial charge in [0.1, 0.15) is 5.01 Å². The molecule has 2 heterocycles. The summed E-state index contributed by atoms with van der Waals surface area (Å²) in [6, 6.07) is 22.5. The molecular weight excluding hydrogens is 428 g/mol. The number of aromatic nitrogens is 2. The van der Waals surface area contributed by atoms with Crippen molar-refractivity contribution >= 4 is 72.9 Å². The van der Waals surface area contributed by atoms with Gasteiger partial charge in [0.25, 0.3) is 5.71 Å². The van der Waals surface area contributed by atoms with Gasteiger partial charge in [-0.05, 0) is 22.9 Å². The Morgan fingerprint density at radius 2 is 1.43 bits per heavy atom. The van der Waals surface area contributed by atoms with Crippen molar-refractivity contribution in [3.05, 3.63) is 89.3 Å². The zero-order valence-corrected chi connectivity index (χ0v) is 17.9. The molecule has 5 aromatic rings. The maximum atomic E-state index is 5.90. The average molecular weight is 441 g/mol. The van der Waals surface area contributed by atoms with Crippen LogP contribution in [0.2, 0.25) is 0 Å². The zero-order valence-electron chi connectivity index (χ0n) is 15.5. The number of thiazole rings is 1. The topological polar surface area (TPSA) is 38.9 Å². The molecule has 1 aliphatic rings. The Labute approximate surface area is 186 Å². The number of benzene rings is 3. The van der Waals surface area contributed by atoms with Gasteiger partial charge in [-0.15, -0.1) is 0 Å². The highest BCUT2D eigenvalue weighted by molar-refractivity contribution is 7.84. The molecule has 0 atom stereocenters. The number of rotatable bonds is 2. The monoisotopic (exact) mass is 440 g/mol. The summed E-state index contributed by atoms with van der Waals surface area (Å²) in [6.07, 6.45) is 1.84. The number of hydrogen-bond acceptors (Lipinski definition) is 6. The van der Waals surface area contributed by atoms with E-state index in [0.717, 1.165) is 52.6 Å². The van der Waals surface area contributed by atoms with E-state index in [2.05, 4.69) is 34.2 Å². The second-order valence-electron chi connectivity index (χ2n) is 7.01. The minimum atomic E-state index is 0.473. The standard InChI is InChI=1S/C24H12N2OS3/c28-20-16-10-14-8-4-5-9-15(14)11-17(16)21(29)18(20)12-19-25-24-22(27-19)26-23(30-24)13-6-2-1-3-7-13/h1-12H. The van der Waals surface area contributed by atoms with Crippen molar-refractivity contribution in [2.24, 2.45) is 0 Å². The fraction of sp³-hybridized carbons (Fsp3) is 0. The molecule has 142 valence electrons. The van der Waals surface area contributed by atoms with Crippen molar-refractivity contribution < 1.29 is 4.42 Å². The maximum Gasteiger partial charge on any atom is 0.259 e. The van der Waals surface area contributed by atoms with Gasteiger partial charge in [0.2, 0.25) is 5.89 Å². The van der Waals surface area contributed by atoms with Crippen LogP contribution in [-0.2, 0) is 0 Å². The SMILES string of the molecule is S=C1C(=Cc2nc3sc(-c4ccccc4)nc3o2)C(=S)c2cc3ccccc3cc21. The predicted molar refractivity (Wildman–Crippen MR) is 130 cm³/mol. The molecule has 3 aromatic carbocycles. The summed E-state index contributed by atoms with van der Waals surface area (Å²) in [5.41, 5.74) is 4.39. The second kappa shape index (κ2) is 6.74. The van der Waals surface area contributed by atoms with Crippen LogP contribution >= 0.6 is 35.8 Å². The fourth-order valence-electron chi connectivity index (χ4n) is 3.69. The summed E-state index contributed by atoms with van der Waals surface area (Å²) in [4.78, 5) is 11.4. The third-order valence-corrected chi connectivity index (χ3v) is 7.00. The summed E-state index contributed by atoms with van der Waals surface area (Å²) in [5.74, 6) is 0.473. The van der Waals surface area contributed by atoms with Gasteiger partial charge in [-0.1, -0.05) is 90.4 Å². The Morgan fingerprint density at radius 1 is 0.800 bits per heavy atom. The Hall–Kier alpha value is -3.06. The van der Waals surface area contributed by atoms with Crippen LogP contribution in [0.5, 0.6) is 0 Å². The molecule has 30 heavy (non-hydrogen) atoms. The van der Waals surface area contributed by atoms with E-state index in [1.54, 1.807) is 0 Å². The number of nitrogens with zero attached hydrogens (tertiary/aromatic N) is 2. The predicted octanol–water partition coefficient (Wildman–Crippen LogP) is 6.64. The van der Waals surface area contributed by atoms with Crippen LogP contribution in [0, 0.1) is 0 Å². The molecule has 0 unspecified atom stereocenters. The van der Waals surface area contributed by atoms with Crippen LogP contribution in [-0.4, -0.2) is 19.7 Å². The summed E-state index contributed by atoms with van der Waals surface area (Å²) < 4.78 is 5.90. The molecule has 1 aliphatic carbocycles. The first-order valence-electron chi connectivity index (χ1n) is 9.34. The van der Waals surface area contributed by atoms with Crippen molar-refractivity contribution in [2.45, 2.75) is 0 Å². The first-order chi connectivity index (χ1) is 14.7. The van der Waals surface area contributed by atoms with E-state index in [1.165, 1.54) is 11.3 Å². The normalized spacial score (nSPS) is 13.4. The summed E-state index contributed by atoms with van der Waals surface area (Å²) in [7, 11) is 0. The Balaban J connectivity index is 1.39. The third-order valence-electron chi connectivity index (χ3n) is 5.15. The van der Waals surface area contributed by atoms with E-state index in [0.29, 0.717) is 11.6 Å². The van der Waals surface area contributed by atoms with Crippen molar-refractivity contribution in [3.63, 3.8) is 0 Å². The molecule has 0 radical (unpaired) electrons. The third kappa shape index (κ3) is 2.76. The van der Waals surface area contributed by atoms with Crippen molar-refractivity contribution in [1.29, 1.82) is 0 Å². The minimum absolute atomic E-state index is 0.473. The number of oxazole rings is 1. The van der Waals surface area contributed by atoms with Crippen molar-refractivity contribution in [2.75, 3.05) is 0 Å². The van der Waals surface area contributed by atoms with E-state index < -0.39 is 0 Å². The number of thiocarbonyl (C=S) groups is 2. The highest BCUT2D eigenvalue weighted by Gasteiger charge is 2.28. The first kappa shape index (κ1) is 17.8. The van der Waals surface area contributed by atoms with Crippen LogP contribution < -0.4 is 0 Å². The lowest BCUT2D eigenvalue weighted by Crippen LogP contribution is -1.97. The van der Waals surface area contributed by atoms with Crippen molar-refractivity contribution in [1.82, 2.24) is 9.97 Å². The van der Waals surface area contributed by atoms with Crippen LogP contribution in [0.3, 0.4) is 0 Å². The van der Waals surface area contributed by atoms with Gasteiger partial charge >= 0.3 is 0 Å². The molecule has 0 aliphatic heterocycles. The zero-order chi connectivity index (χ0) is 20.2. The molecule has 2 aromatic heterocycles. The minimum Gasteiger partial charge on any atom is -0.417 e. The molecule has 0 saturated heterocycles. The summed E-state index contributed by atoms with van der Waals surface area (Å²) >= 11 is 13.0. The van der Waals surface area contributed by atoms with E-state index in [-0.39, 0.29) is 0 Å². The van der Waals surface area contributed by atoms with Crippen molar-refractivity contribution in [3.8, 4) is 10.6 Å². The highest BCUT2D eigenvalue weighted by atomic mass is 32.1. The van der Waals surface area contributed by atoms with E-state index in [9.17, 15) is 0 Å². The Bertz CT molecular complexity index is 1440. The van der Waals surface area contributed by atoms with Gasteiger partial charge < -0.3 is 4.42 Å². The maximum absolute atomic E-state index is 5.90. The molecule has 0 fully saturated rings. The van der Waals surface area contributed by atoms with Crippen LogP contribution in [0.4, 0.5) is 0 Å². The Kier molecular flexibility index (Phi) is 3.99. The van der Waals surface area contributed by atoms with Gasteiger partial charge in [-0.25, -0.2) is 0 Å². The molecule has 6 rings (SSSR count). The van der Waals surface area contributed by atoms with Gasteiger partial charge in [0, 0.05) is 28.3 Å². The lowest BCUT2D eigenvalue weighted by atomic mass is 10.0. The van der Waals surface area contributed by atoms with Gasteiger partial charge in [-0.3, -0.25) is 0 Å². The summed E-state index contributed by atoms with van der Waals surface area (Å²) in [6.45, 7) is 0. The molecule has 0 amide bonds. The van der Waals surface area contributed by atoms with Gasteiger partial charge in [0.05, 0.1) is 9.73 Å². The molecule has 0 bridgehead atoms. The molecule has 6 heteroatoms. The molecule has 0 spiro atoms. The molecule has 0 N–H and O–H groups in total. The second-order valence-corrected chi connectivity index (χ2v) is 8.80. The lowest BCUT2D eigenvalue weighted by molar-refractivity contribution is 0.579. The quantitative estimate of drug-likeness (QED) is 0.227. The first-order valence-corrected chi connectivity index (χ1v) is 11.0.